The maximum absolute atomic E-state index is 5.38. The molecule has 2 heteroatoms. The lowest BCUT2D eigenvalue weighted by atomic mass is 10.00. The van der Waals surface area contributed by atoms with E-state index in [9.17, 15) is 0 Å². The smallest absolute Gasteiger partial charge is 0.0300 e. The van der Waals surface area contributed by atoms with Gasteiger partial charge in [-0.1, -0.05) is 60.4 Å². The highest BCUT2D eigenvalue weighted by molar-refractivity contribution is 5.86. The van der Waals surface area contributed by atoms with Gasteiger partial charge in [0.05, 0.1) is 0 Å². The van der Waals surface area contributed by atoms with Gasteiger partial charge in [-0.3, -0.25) is 0 Å². The van der Waals surface area contributed by atoms with Crippen LogP contribution in [0.2, 0.25) is 0 Å². The molecule has 0 saturated carbocycles. The van der Waals surface area contributed by atoms with Crippen molar-refractivity contribution in [2.24, 2.45) is 5.73 Å². The number of hydrogen-bond donors (Lipinski definition) is 2. The minimum atomic E-state index is 0.303. The Hall–Kier alpha value is -2.08. The summed E-state index contributed by atoms with van der Waals surface area (Å²) in [5.74, 6) is 5.97. The molecule has 1 atom stereocenters. The van der Waals surface area contributed by atoms with Gasteiger partial charge in [0.15, 0.2) is 0 Å². The molecule has 0 aliphatic carbocycles. The zero-order valence-electron chi connectivity index (χ0n) is 12.5. The minimum Gasteiger partial charge on any atom is -0.330 e. The van der Waals surface area contributed by atoms with Gasteiger partial charge in [-0.2, -0.15) is 0 Å². The lowest BCUT2D eigenvalue weighted by Gasteiger charge is -2.15. The van der Waals surface area contributed by atoms with E-state index in [1.807, 2.05) is 12.2 Å². The number of benzene rings is 2. The zero-order valence-corrected chi connectivity index (χ0v) is 12.5. The third kappa shape index (κ3) is 4.46. The monoisotopic (exact) mass is 278 g/mol. The van der Waals surface area contributed by atoms with Gasteiger partial charge < -0.3 is 11.1 Å². The standard InChI is InChI=1S/C19H22N2/c1-16(21-15-8-4-2-3-7-14-20)18-13-9-11-17-10-5-6-12-19(17)18/h4-6,8-13,16,21H,7,14-15,20H2,1H3/t16-/m1/s1. The highest BCUT2D eigenvalue weighted by Gasteiger charge is 2.07. The number of hydrogen-bond acceptors (Lipinski definition) is 2. The number of fused-ring (bicyclic) bond motifs is 1. The second-order valence-corrected chi connectivity index (χ2v) is 4.96. The van der Waals surface area contributed by atoms with Gasteiger partial charge >= 0.3 is 0 Å². The molecule has 3 N–H and O–H groups in total. The van der Waals surface area contributed by atoms with Crippen molar-refractivity contribution < 1.29 is 0 Å². The van der Waals surface area contributed by atoms with Gasteiger partial charge in [0, 0.05) is 25.6 Å². The molecule has 0 amide bonds. The average molecular weight is 278 g/mol. The van der Waals surface area contributed by atoms with Crippen molar-refractivity contribution in [1.29, 1.82) is 0 Å². The third-order valence-corrected chi connectivity index (χ3v) is 3.40. The summed E-state index contributed by atoms with van der Waals surface area (Å²) < 4.78 is 0. The third-order valence-electron chi connectivity index (χ3n) is 3.40. The number of nitrogens with one attached hydrogen (secondary N) is 1. The quantitative estimate of drug-likeness (QED) is 0.823. The van der Waals surface area contributed by atoms with Crippen LogP contribution < -0.4 is 11.1 Å². The second-order valence-electron chi connectivity index (χ2n) is 4.96. The first-order valence-corrected chi connectivity index (χ1v) is 7.37. The van der Waals surface area contributed by atoms with Crippen molar-refractivity contribution in [3.05, 3.63) is 60.2 Å². The van der Waals surface area contributed by atoms with Crippen molar-refractivity contribution >= 4 is 10.8 Å². The van der Waals surface area contributed by atoms with E-state index in [-0.39, 0.29) is 0 Å². The molecule has 0 aliphatic heterocycles. The summed E-state index contributed by atoms with van der Waals surface area (Å²) in [6.07, 6.45) is 4.69. The summed E-state index contributed by atoms with van der Waals surface area (Å²) in [5.41, 5.74) is 6.71. The molecule has 2 aromatic rings. The van der Waals surface area contributed by atoms with Crippen molar-refractivity contribution in [3.63, 3.8) is 0 Å². The fourth-order valence-corrected chi connectivity index (χ4v) is 2.30. The molecule has 0 unspecified atom stereocenters. The van der Waals surface area contributed by atoms with E-state index in [4.69, 9.17) is 5.73 Å². The van der Waals surface area contributed by atoms with Crippen LogP contribution in [0, 0.1) is 11.8 Å². The van der Waals surface area contributed by atoms with E-state index in [1.165, 1.54) is 16.3 Å². The minimum absolute atomic E-state index is 0.303. The van der Waals surface area contributed by atoms with E-state index in [2.05, 4.69) is 66.5 Å². The van der Waals surface area contributed by atoms with Crippen LogP contribution >= 0.6 is 0 Å². The van der Waals surface area contributed by atoms with Gasteiger partial charge in [0.1, 0.15) is 0 Å². The number of nitrogens with two attached hydrogens (primary N) is 1. The largest absolute Gasteiger partial charge is 0.330 e. The predicted octanol–water partition coefficient (Wildman–Crippen LogP) is 3.40. The highest BCUT2D eigenvalue weighted by Crippen LogP contribution is 2.23. The van der Waals surface area contributed by atoms with E-state index >= 15 is 0 Å². The molecule has 2 nitrogen and oxygen atoms in total. The van der Waals surface area contributed by atoms with Gasteiger partial charge in [-0.05, 0) is 29.3 Å². The molecule has 0 bridgehead atoms. The van der Waals surface area contributed by atoms with E-state index < -0.39 is 0 Å². The van der Waals surface area contributed by atoms with Crippen molar-refractivity contribution in [2.45, 2.75) is 19.4 Å². The predicted molar refractivity (Wildman–Crippen MR) is 91.0 cm³/mol. The first-order valence-electron chi connectivity index (χ1n) is 7.37. The fraction of sp³-hybridized carbons (Fsp3) is 0.263. The summed E-state index contributed by atoms with van der Waals surface area (Å²) in [5, 5.41) is 6.10. The lowest BCUT2D eigenvalue weighted by Crippen LogP contribution is -2.18. The first kappa shape index (κ1) is 15.3. The first-order chi connectivity index (χ1) is 10.3. The highest BCUT2D eigenvalue weighted by atomic mass is 14.9. The summed E-state index contributed by atoms with van der Waals surface area (Å²) in [7, 11) is 0. The molecule has 108 valence electrons. The maximum atomic E-state index is 5.38. The SMILES string of the molecule is C[C@@H](NCC=CC#CCCN)c1cccc2ccccc12. The van der Waals surface area contributed by atoms with Crippen LogP contribution in [-0.4, -0.2) is 13.1 Å². The van der Waals surface area contributed by atoms with Gasteiger partial charge in [-0.25, -0.2) is 0 Å². The molecule has 0 radical (unpaired) electrons. The van der Waals surface area contributed by atoms with Crippen LogP contribution in [-0.2, 0) is 0 Å². The van der Waals surface area contributed by atoms with Crippen LogP contribution in [0.15, 0.2) is 54.6 Å². The topological polar surface area (TPSA) is 38.0 Å². The van der Waals surface area contributed by atoms with Crippen LogP contribution in [0.1, 0.15) is 24.9 Å². The molecule has 0 saturated heterocycles. The maximum Gasteiger partial charge on any atom is 0.0300 e. The molecule has 0 spiro atoms. The summed E-state index contributed by atoms with van der Waals surface area (Å²) in [6.45, 7) is 3.62. The zero-order chi connectivity index (χ0) is 14.9. The Morgan fingerprint density at radius 3 is 2.86 bits per heavy atom. The molecular formula is C19H22N2. The van der Waals surface area contributed by atoms with Gasteiger partial charge in [0.2, 0.25) is 0 Å². The Balaban J connectivity index is 1.97. The van der Waals surface area contributed by atoms with Crippen molar-refractivity contribution in [3.8, 4) is 11.8 Å². The van der Waals surface area contributed by atoms with Crippen LogP contribution in [0.4, 0.5) is 0 Å². The molecule has 2 rings (SSSR count). The Morgan fingerprint density at radius 2 is 2.00 bits per heavy atom. The number of rotatable bonds is 5. The van der Waals surface area contributed by atoms with Gasteiger partial charge in [0.25, 0.3) is 0 Å². The Labute approximate surface area is 127 Å². The van der Waals surface area contributed by atoms with Crippen molar-refractivity contribution in [1.82, 2.24) is 5.32 Å². The van der Waals surface area contributed by atoms with Crippen LogP contribution in [0.3, 0.4) is 0 Å². The van der Waals surface area contributed by atoms with E-state index in [0.717, 1.165) is 13.0 Å². The Morgan fingerprint density at radius 1 is 1.19 bits per heavy atom. The fourth-order valence-electron chi connectivity index (χ4n) is 2.30. The molecule has 21 heavy (non-hydrogen) atoms. The second kappa shape index (κ2) is 8.26. The molecule has 0 heterocycles. The van der Waals surface area contributed by atoms with Gasteiger partial charge in [-0.15, -0.1) is 0 Å². The van der Waals surface area contributed by atoms with E-state index in [0.29, 0.717) is 12.6 Å². The Bertz CT molecular complexity index is 657. The summed E-state index contributed by atoms with van der Waals surface area (Å²) in [6, 6.07) is 15.2. The van der Waals surface area contributed by atoms with Crippen LogP contribution in [0.5, 0.6) is 0 Å². The molecule has 0 aromatic heterocycles. The van der Waals surface area contributed by atoms with Crippen LogP contribution in [0.25, 0.3) is 10.8 Å². The molecule has 0 fully saturated rings. The normalized spacial score (nSPS) is 12.3. The Kier molecular flexibility index (Phi) is 6.02. The lowest BCUT2D eigenvalue weighted by molar-refractivity contribution is 0.621. The summed E-state index contributed by atoms with van der Waals surface area (Å²) >= 11 is 0. The van der Waals surface area contributed by atoms with E-state index in [1.54, 1.807) is 0 Å². The molecule has 0 aliphatic rings. The average Bonchev–Trinajstić information content (AvgIpc) is 2.53. The van der Waals surface area contributed by atoms with Crippen molar-refractivity contribution in [2.75, 3.05) is 13.1 Å². The number of allylic oxidation sites excluding steroid dienone is 1. The molecular weight excluding hydrogens is 256 g/mol. The molecule has 2 aromatic carbocycles. The summed E-state index contributed by atoms with van der Waals surface area (Å²) in [4.78, 5) is 0.